The summed E-state index contributed by atoms with van der Waals surface area (Å²) in [4.78, 5) is 13.7. The van der Waals surface area contributed by atoms with Crippen LogP contribution in [0.5, 0.6) is 0 Å². The summed E-state index contributed by atoms with van der Waals surface area (Å²) >= 11 is 3.39. The lowest BCUT2D eigenvalue weighted by molar-refractivity contribution is 0.0766. The third-order valence-corrected chi connectivity index (χ3v) is 3.62. The summed E-state index contributed by atoms with van der Waals surface area (Å²) < 4.78 is 2.72. The third kappa shape index (κ3) is 2.91. The molecule has 0 atom stereocenters. The summed E-state index contributed by atoms with van der Waals surface area (Å²) in [5, 5.41) is 13.2. The molecule has 0 saturated heterocycles. The molecule has 0 bridgehead atoms. The van der Waals surface area contributed by atoms with Crippen LogP contribution in [0.4, 0.5) is 0 Å². The fourth-order valence-electron chi connectivity index (χ4n) is 1.92. The van der Waals surface area contributed by atoms with Gasteiger partial charge in [0.25, 0.3) is 5.91 Å². The van der Waals surface area contributed by atoms with Crippen LogP contribution in [0, 0.1) is 6.92 Å². The van der Waals surface area contributed by atoms with Crippen LogP contribution in [0.2, 0.25) is 0 Å². The molecule has 0 spiro atoms. The van der Waals surface area contributed by atoms with Crippen molar-refractivity contribution in [1.82, 2.24) is 14.7 Å². The number of likely N-dealkylation sites (N-methyl/N-ethyl adjacent to an activating group) is 1. The quantitative estimate of drug-likeness (QED) is 0.928. The summed E-state index contributed by atoms with van der Waals surface area (Å²) in [5.41, 5.74) is 2.22. The van der Waals surface area contributed by atoms with Gasteiger partial charge >= 0.3 is 0 Å². The summed E-state index contributed by atoms with van der Waals surface area (Å²) in [6.45, 7) is 2.11. The topological polar surface area (TPSA) is 58.4 Å². The van der Waals surface area contributed by atoms with Gasteiger partial charge in [0.15, 0.2) is 0 Å². The lowest BCUT2D eigenvalue weighted by Crippen LogP contribution is -2.29. The van der Waals surface area contributed by atoms with E-state index in [-0.39, 0.29) is 12.5 Å². The van der Waals surface area contributed by atoms with Gasteiger partial charge < -0.3 is 10.0 Å². The Morgan fingerprint density at radius 3 is 2.65 bits per heavy atom. The molecule has 1 aromatic heterocycles. The van der Waals surface area contributed by atoms with E-state index in [1.807, 2.05) is 31.2 Å². The van der Waals surface area contributed by atoms with Crippen molar-refractivity contribution < 1.29 is 9.90 Å². The number of benzene rings is 1. The van der Waals surface area contributed by atoms with E-state index in [4.69, 9.17) is 5.11 Å². The summed E-state index contributed by atoms with van der Waals surface area (Å²) in [7, 11) is 1.66. The predicted molar refractivity (Wildman–Crippen MR) is 80.0 cm³/mol. The first-order chi connectivity index (χ1) is 9.54. The second-order valence-corrected chi connectivity index (χ2v) is 5.40. The Hall–Kier alpha value is -1.66. The molecule has 6 heteroatoms. The first-order valence-electron chi connectivity index (χ1n) is 6.21. The van der Waals surface area contributed by atoms with Gasteiger partial charge in [0.1, 0.15) is 0 Å². The third-order valence-electron chi connectivity index (χ3n) is 3.09. The van der Waals surface area contributed by atoms with Crippen molar-refractivity contribution in [3.05, 3.63) is 46.2 Å². The highest BCUT2D eigenvalue weighted by Crippen LogP contribution is 2.18. The Kier molecular flexibility index (Phi) is 4.57. The molecule has 0 fully saturated rings. The van der Waals surface area contributed by atoms with Gasteiger partial charge in [-0.05, 0) is 31.2 Å². The number of nitrogens with zero attached hydrogens (tertiary/aromatic N) is 3. The van der Waals surface area contributed by atoms with E-state index in [1.54, 1.807) is 17.9 Å². The maximum absolute atomic E-state index is 12.2. The maximum atomic E-state index is 12.2. The first kappa shape index (κ1) is 14.7. The molecule has 1 N–H and O–H groups in total. The average Bonchev–Trinajstić information content (AvgIpc) is 2.81. The van der Waals surface area contributed by atoms with Gasteiger partial charge in [0, 0.05) is 18.1 Å². The first-order valence-corrected chi connectivity index (χ1v) is 7.00. The van der Waals surface area contributed by atoms with Crippen LogP contribution in [0.1, 0.15) is 16.1 Å². The van der Waals surface area contributed by atoms with E-state index < -0.39 is 0 Å². The van der Waals surface area contributed by atoms with Crippen molar-refractivity contribution in [1.29, 1.82) is 0 Å². The largest absolute Gasteiger partial charge is 0.395 e. The molecule has 1 heterocycles. The minimum atomic E-state index is -0.139. The van der Waals surface area contributed by atoms with Crippen LogP contribution >= 0.6 is 15.9 Å². The van der Waals surface area contributed by atoms with Crippen LogP contribution in [0.25, 0.3) is 5.69 Å². The molecule has 0 aliphatic heterocycles. The second kappa shape index (κ2) is 6.19. The Morgan fingerprint density at radius 2 is 2.05 bits per heavy atom. The number of carbonyl (C=O) groups excluding carboxylic acids is 1. The number of aliphatic hydroxyl groups excluding tert-OH is 1. The Balaban J connectivity index is 2.31. The van der Waals surface area contributed by atoms with Gasteiger partial charge in [0.05, 0.1) is 29.7 Å². The van der Waals surface area contributed by atoms with Crippen molar-refractivity contribution in [2.45, 2.75) is 6.92 Å². The van der Waals surface area contributed by atoms with Crippen LogP contribution in [-0.4, -0.2) is 45.9 Å². The molecule has 2 rings (SSSR count). The molecule has 0 aliphatic carbocycles. The fourth-order valence-corrected chi connectivity index (χ4v) is 2.18. The molecule has 5 nitrogen and oxygen atoms in total. The van der Waals surface area contributed by atoms with Crippen molar-refractivity contribution >= 4 is 21.8 Å². The molecule has 0 aliphatic rings. The number of halogens is 1. The van der Waals surface area contributed by atoms with Gasteiger partial charge in [-0.25, -0.2) is 4.68 Å². The highest BCUT2D eigenvalue weighted by atomic mass is 79.9. The number of hydrogen-bond acceptors (Lipinski definition) is 3. The molecule has 2 aromatic rings. The minimum absolute atomic E-state index is 0.0534. The summed E-state index contributed by atoms with van der Waals surface area (Å²) in [6, 6.07) is 7.71. The molecule has 0 saturated carbocycles. The zero-order valence-electron chi connectivity index (χ0n) is 11.4. The van der Waals surface area contributed by atoms with Gasteiger partial charge in [-0.1, -0.05) is 15.9 Å². The zero-order chi connectivity index (χ0) is 14.7. The van der Waals surface area contributed by atoms with E-state index in [0.29, 0.717) is 12.1 Å². The molecule has 0 unspecified atom stereocenters. The number of rotatable bonds is 4. The van der Waals surface area contributed by atoms with Gasteiger partial charge in [-0.15, -0.1) is 0 Å². The maximum Gasteiger partial charge on any atom is 0.257 e. The molecule has 0 radical (unpaired) electrons. The molecule has 106 valence electrons. The molecule has 1 aromatic carbocycles. The van der Waals surface area contributed by atoms with Crippen LogP contribution in [-0.2, 0) is 0 Å². The number of amides is 1. The number of aromatic nitrogens is 2. The van der Waals surface area contributed by atoms with Gasteiger partial charge in [-0.2, -0.15) is 5.10 Å². The van der Waals surface area contributed by atoms with Crippen LogP contribution in [0.3, 0.4) is 0 Å². The monoisotopic (exact) mass is 337 g/mol. The smallest absolute Gasteiger partial charge is 0.257 e. The van der Waals surface area contributed by atoms with Gasteiger partial charge in [0.2, 0.25) is 0 Å². The Morgan fingerprint density at radius 1 is 1.40 bits per heavy atom. The molecule has 1 amide bonds. The van der Waals surface area contributed by atoms with E-state index in [9.17, 15) is 4.79 Å². The predicted octanol–water partition coefficient (Wildman–Crippen LogP) is 2.01. The molecular weight excluding hydrogens is 322 g/mol. The number of hydrogen-bond donors (Lipinski definition) is 1. The van der Waals surface area contributed by atoms with E-state index in [1.165, 1.54) is 4.90 Å². The van der Waals surface area contributed by atoms with Crippen molar-refractivity contribution in [3.63, 3.8) is 0 Å². The highest BCUT2D eigenvalue weighted by Gasteiger charge is 2.18. The normalized spacial score (nSPS) is 10.6. The highest BCUT2D eigenvalue weighted by molar-refractivity contribution is 9.10. The van der Waals surface area contributed by atoms with Crippen molar-refractivity contribution in [3.8, 4) is 5.69 Å². The number of carbonyl (C=O) groups is 1. The Bertz CT molecular complexity index is 607. The summed E-state index contributed by atoms with van der Waals surface area (Å²) in [6.07, 6.45) is 1.56. The van der Waals surface area contributed by atoms with E-state index in [0.717, 1.165) is 15.9 Å². The lowest BCUT2D eigenvalue weighted by Gasteiger charge is -2.15. The van der Waals surface area contributed by atoms with Crippen molar-refractivity contribution in [2.24, 2.45) is 0 Å². The lowest BCUT2D eigenvalue weighted by atomic mass is 10.2. The fraction of sp³-hybridized carbons (Fsp3) is 0.286. The average molecular weight is 338 g/mol. The second-order valence-electron chi connectivity index (χ2n) is 4.48. The standard InChI is InChI=1S/C14H16BrN3O2/c1-10-13(14(20)17(2)7-8-19)9-16-18(10)12-5-3-11(15)4-6-12/h3-6,9,19H,7-8H2,1-2H3. The van der Waals surface area contributed by atoms with Crippen LogP contribution < -0.4 is 0 Å². The van der Waals surface area contributed by atoms with E-state index >= 15 is 0 Å². The molecular formula is C14H16BrN3O2. The molecule has 20 heavy (non-hydrogen) atoms. The Labute approximate surface area is 126 Å². The van der Waals surface area contributed by atoms with E-state index in [2.05, 4.69) is 21.0 Å². The SMILES string of the molecule is Cc1c(C(=O)N(C)CCO)cnn1-c1ccc(Br)cc1. The summed E-state index contributed by atoms with van der Waals surface area (Å²) in [5.74, 6) is -0.139. The van der Waals surface area contributed by atoms with Crippen molar-refractivity contribution in [2.75, 3.05) is 20.2 Å². The number of aliphatic hydroxyl groups is 1. The zero-order valence-corrected chi connectivity index (χ0v) is 13.0. The minimum Gasteiger partial charge on any atom is -0.395 e. The van der Waals surface area contributed by atoms with Gasteiger partial charge in [-0.3, -0.25) is 4.79 Å². The van der Waals surface area contributed by atoms with Crippen LogP contribution in [0.15, 0.2) is 34.9 Å².